The number of carbonyl (C=O) groups is 4. The van der Waals surface area contributed by atoms with Crippen molar-refractivity contribution in [2.24, 2.45) is 0 Å². The molecule has 1 fully saturated rings. The van der Waals surface area contributed by atoms with E-state index in [9.17, 15) is 19.2 Å². The lowest BCUT2D eigenvalue weighted by Crippen LogP contribution is -2.34. The lowest BCUT2D eigenvalue weighted by atomic mass is 9.97. The first-order chi connectivity index (χ1) is 15.0. The van der Waals surface area contributed by atoms with E-state index < -0.39 is 0 Å². The molecule has 4 rings (SSSR count). The third-order valence-electron chi connectivity index (χ3n) is 5.72. The van der Waals surface area contributed by atoms with Crippen LogP contribution in [0.25, 0.3) is 11.1 Å². The second kappa shape index (κ2) is 8.93. The second-order valence-corrected chi connectivity index (χ2v) is 8.52. The van der Waals surface area contributed by atoms with Crippen molar-refractivity contribution in [2.45, 2.75) is 24.0 Å². The minimum Gasteiger partial charge on any atom is -0.467 e. The number of rotatable bonds is 8. The fourth-order valence-corrected chi connectivity index (χ4v) is 4.85. The van der Waals surface area contributed by atoms with Gasteiger partial charge in [0.1, 0.15) is 6.61 Å². The van der Waals surface area contributed by atoms with E-state index in [1.165, 1.54) is 16.7 Å². The van der Waals surface area contributed by atoms with Crippen LogP contribution in [-0.4, -0.2) is 53.8 Å². The standard InChI is InChI=1S/C23H22N2O5S/c1-31-20-11-22(28)25(23(20)29)9-8-21(27)24-14-6-7-17-15-4-2-3-5-16(15)19(12-30-13-26)18(17)10-14/h2-7,10,13,19-20H,8-9,11-12H2,1H3,(H,24,27). The highest BCUT2D eigenvalue weighted by molar-refractivity contribution is 8.00. The van der Waals surface area contributed by atoms with E-state index in [0.717, 1.165) is 22.3 Å². The maximum Gasteiger partial charge on any atom is 0.293 e. The Morgan fingerprint density at radius 2 is 1.97 bits per heavy atom. The van der Waals surface area contributed by atoms with Crippen molar-refractivity contribution >= 4 is 41.6 Å². The van der Waals surface area contributed by atoms with Crippen LogP contribution in [0, 0.1) is 0 Å². The highest BCUT2D eigenvalue weighted by Gasteiger charge is 2.37. The Labute approximate surface area is 184 Å². The van der Waals surface area contributed by atoms with Gasteiger partial charge in [0.05, 0.1) is 5.25 Å². The second-order valence-electron chi connectivity index (χ2n) is 7.48. The van der Waals surface area contributed by atoms with Gasteiger partial charge in [-0.25, -0.2) is 0 Å². The van der Waals surface area contributed by atoms with Crippen molar-refractivity contribution < 1.29 is 23.9 Å². The van der Waals surface area contributed by atoms with E-state index in [1.807, 2.05) is 42.5 Å². The van der Waals surface area contributed by atoms with Crippen LogP contribution in [0.5, 0.6) is 0 Å². The summed E-state index contributed by atoms with van der Waals surface area (Å²) in [6.45, 7) is 0.738. The molecule has 2 unspecified atom stereocenters. The Morgan fingerprint density at radius 1 is 1.19 bits per heavy atom. The zero-order chi connectivity index (χ0) is 22.0. The van der Waals surface area contributed by atoms with Crippen molar-refractivity contribution in [2.75, 3.05) is 24.7 Å². The number of nitrogens with zero attached hydrogens (tertiary/aromatic N) is 1. The smallest absolute Gasteiger partial charge is 0.293 e. The third kappa shape index (κ3) is 4.07. The van der Waals surface area contributed by atoms with Crippen molar-refractivity contribution in [3.05, 3.63) is 53.6 Å². The molecule has 2 aromatic carbocycles. The summed E-state index contributed by atoms with van der Waals surface area (Å²) >= 11 is 1.35. The van der Waals surface area contributed by atoms with Crippen LogP contribution in [0.2, 0.25) is 0 Å². The Bertz CT molecular complexity index is 1050. The normalized spacial score (nSPS) is 19.2. The highest BCUT2D eigenvalue weighted by atomic mass is 32.2. The van der Waals surface area contributed by atoms with Crippen LogP contribution in [0.4, 0.5) is 5.69 Å². The number of benzene rings is 2. The van der Waals surface area contributed by atoms with Crippen LogP contribution < -0.4 is 5.32 Å². The first kappa shape index (κ1) is 21.1. The Morgan fingerprint density at radius 3 is 2.71 bits per heavy atom. The lowest BCUT2D eigenvalue weighted by molar-refractivity contribution is -0.138. The molecule has 2 atom stereocenters. The van der Waals surface area contributed by atoms with Gasteiger partial charge in [0.15, 0.2) is 0 Å². The maximum absolute atomic E-state index is 12.5. The third-order valence-corrected chi connectivity index (χ3v) is 6.65. The monoisotopic (exact) mass is 438 g/mol. The predicted octanol–water partition coefficient (Wildman–Crippen LogP) is 2.79. The van der Waals surface area contributed by atoms with Gasteiger partial charge in [0.2, 0.25) is 17.7 Å². The number of hydrogen-bond donors (Lipinski definition) is 1. The van der Waals surface area contributed by atoms with Crippen LogP contribution in [0.1, 0.15) is 29.9 Å². The molecule has 1 aliphatic heterocycles. The summed E-state index contributed by atoms with van der Waals surface area (Å²) in [6, 6.07) is 13.6. The molecule has 1 aliphatic carbocycles. The van der Waals surface area contributed by atoms with E-state index in [-0.39, 0.29) is 54.9 Å². The number of imide groups is 1. The number of carbonyl (C=O) groups excluding carboxylic acids is 4. The van der Waals surface area contributed by atoms with Gasteiger partial charge in [-0.2, -0.15) is 11.8 Å². The molecular weight excluding hydrogens is 416 g/mol. The van der Waals surface area contributed by atoms with Gasteiger partial charge >= 0.3 is 0 Å². The molecule has 2 aromatic rings. The van der Waals surface area contributed by atoms with Crippen molar-refractivity contribution in [1.29, 1.82) is 0 Å². The van der Waals surface area contributed by atoms with Crippen LogP contribution >= 0.6 is 11.8 Å². The summed E-state index contributed by atoms with van der Waals surface area (Å²) in [7, 11) is 0. The van der Waals surface area contributed by atoms with E-state index in [4.69, 9.17) is 4.74 Å². The number of nitrogens with one attached hydrogen (secondary N) is 1. The summed E-state index contributed by atoms with van der Waals surface area (Å²) in [5.74, 6) is -0.829. The number of thioether (sulfide) groups is 1. The molecule has 7 nitrogen and oxygen atoms in total. The van der Waals surface area contributed by atoms with E-state index in [0.29, 0.717) is 12.2 Å². The number of anilines is 1. The van der Waals surface area contributed by atoms with Crippen molar-refractivity contribution in [1.82, 2.24) is 4.90 Å². The van der Waals surface area contributed by atoms with Gasteiger partial charge in [-0.3, -0.25) is 24.1 Å². The van der Waals surface area contributed by atoms with Crippen LogP contribution in [0.15, 0.2) is 42.5 Å². The quantitative estimate of drug-likeness (QED) is 0.503. The van der Waals surface area contributed by atoms with Crippen molar-refractivity contribution in [3.8, 4) is 11.1 Å². The van der Waals surface area contributed by atoms with Gasteiger partial charge in [0.25, 0.3) is 6.47 Å². The molecule has 0 aromatic heterocycles. The first-order valence-corrected chi connectivity index (χ1v) is 11.3. The average Bonchev–Trinajstić information content (AvgIpc) is 3.23. The summed E-state index contributed by atoms with van der Waals surface area (Å²) in [6.07, 6.45) is 2.02. The molecule has 31 heavy (non-hydrogen) atoms. The molecule has 1 N–H and O–H groups in total. The molecule has 0 bridgehead atoms. The minimum absolute atomic E-state index is 0.0353. The summed E-state index contributed by atoms with van der Waals surface area (Å²) in [5.41, 5.74) is 4.81. The largest absolute Gasteiger partial charge is 0.467 e. The van der Waals surface area contributed by atoms with Gasteiger partial charge in [-0.05, 0) is 40.6 Å². The molecule has 8 heteroatoms. The van der Waals surface area contributed by atoms with Gasteiger partial charge < -0.3 is 10.1 Å². The van der Waals surface area contributed by atoms with Crippen molar-refractivity contribution in [3.63, 3.8) is 0 Å². The van der Waals surface area contributed by atoms with Gasteiger partial charge in [-0.1, -0.05) is 30.3 Å². The Kier molecular flexibility index (Phi) is 6.08. The average molecular weight is 439 g/mol. The lowest BCUT2D eigenvalue weighted by Gasteiger charge is -2.15. The molecule has 0 radical (unpaired) electrons. The Balaban J connectivity index is 1.45. The maximum atomic E-state index is 12.5. The fourth-order valence-electron chi connectivity index (χ4n) is 4.21. The number of hydrogen-bond acceptors (Lipinski definition) is 6. The Hall–Kier alpha value is -3.13. The topological polar surface area (TPSA) is 92.8 Å². The molecule has 160 valence electrons. The molecule has 1 saturated heterocycles. The molecular formula is C23H22N2O5S. The zero-order valence-electron chi connectivity index (χ0n) is 17.0. The van der Waals surface area contributed by atoms with Crippen LogP contribution in [0.3, 0.4) is 0 Å². The van der Waals surface area contributed by atoms with Crippen LogP contribution in [-0.2, 0) is 23.9 Å². The number of ether oxygens (including phenoxy) is 1. The molecule has 2 aliphatic rings. The van der Waals surface area contributed by atoms with Gasteiger partial charge in [0, 0.05) is 31.0 Å². The zero-order valence-corrected chi connectivity index (χ0v) is 17.8. The van der Waals surface area contributed by atoms with E-state index in [1.54, 1.807) is 6.26 Å². The summed E-state index contributed by atoms with van der Waals surface area (Å²) in [4.78, 5) is 48.6. The highest BCUT2D eigenvalue weighted by Crippen LogP contribution is 2.45. The van der Waals surface area contributed by atoms with E-state index >= 15 is 0 Å². The molecule has 1 heterocycles. The van der Waals surface area contributed by atoms with E-state index in [2.05, 4.69) is 5.32 Å². The predicted molar refractivity (Wildman–Crippen MR) is 118 cm³/mol. The van der Waals surface area contributed by atoms with Gasteiger partial charge in [-0.15, -0.1) is 0 Å². The summed E-state index contributed by atoms with van der Waals surface area (Å²) < 4.78 is 5.05. The molecule has 3 amide bonds. The molecule has 0 spiro atoms. The SMILES string of the molecule is CSC1CC(=O)N(CCC(=O)Nc2ccc3c(c2)C(COC=O)c2ccccc2-3)C1=O. The number of likely N-dealkylation sites (tertiary alicyclic amines) is 1. The number of amides is 3. The molecule has 0 saturated carbocycles. The number of fused-ring (bicyclic) bond motifs is 3. The summed E-state index contributed by atoms with van der Waals surface area (Å²) in [5, 5.41) is 2.50. The minimum atomic E-state index is -0.348. The fraction of sp³-hybridized carbons (Fsp3) is 0.304. The first-order valence-electron chi connectivity index (χ1n) is 9.98.